The lowest BCUT2D eigenvalue weighted by Crippen LogP contribution is -2.50. The topological polar surface area (TPSA) is 26.7 Å². The third-order valence-electron chi connectivity index (χ3n) is 3.48. The molecule has 0 aliphatic carbocycles. The minimum atomic E-state index is -0.645. The lowest BCUT2D eigenvalue weighted by atomic mass is 10.1. The Bertz CT molecular complexity index is 454. The summed E-state index contributed by atoms with van der Waals surface area (Å²) in [6, 6.07) is 4.82. The van der Waals surface area contributed by atoms with Crippen molar-refractivity contribution in [1.29, 1.82) is 0 Å². The van der Waals surface area contributed by atoms with E-state index in [0.717, 1.165) is 42.8 Å². The molecule has 1 aliphatic heterocycles. The smallest absolute Gasteiger partial charge is 0.123 e. The van der Waals surface area contributed by atoms with Gasteiger partial charge in [-0.15, -0.1) is 0 Å². The Labute approximate surface area is 128 Å². The van der Waals surface area contributed by atoms with Gasteiger partial charge in [-0.2, -0.15) is 0 Å². The number of β-amino-alcohol motifs (C(OH)–C–C–N with tert-alkyl or cyclic N) is 1. The van der Waals surface area contributed by atoms with Gasteiger partial charge in [-0.05, 0) is 37.6 Å². The van der Waals surface area contributed by atoms with Gasteiger partial charge >= 0.3 is 0 Å². The minimum absolute atomic E-state index is 0.191. The van der Waals surface area contributed by atoms with Gasteiger partial charge in [0, 0.05) is 43.7 Å². The summed E-state index contributed by atoms with van der Waals surface area (Å²) < 4.78 is 14.2. The van der Waals surface area contributed by atoms with Crippen LogP contribution >= 0.6 is 15.9 Å². The molecule has 1 aromatic rings. The van der Waals surface area contributed by atoms with Crippen LogP contribution in [0.5, 0.6) is 0 Å². The van der Waals surface area contributed by atoms with Crippen molar-refractivity contribution in [2.24, 2.45) is 0 Å². The van der Waals surface area contributed by atoms with Crippen LogP contribution in [-0.4, -0.2) is 53.2 Å². The first-order valence-corrected chi connectivity index (χ1v) is 7.74. The highest BCUT2D eigenvalue weighted by atomic mass is 79.9. The zero-order valence-electron chi connectivity index (χ0n) is 12.1. The zero-order valence-corrected chi connectivity index (χ0v) is 13.7. The van der Waals surface area contributed by atoms with Crippen LogP contribution in [0.15, 0.2) is 22.7 Å². The Kier molecular flexibility index (Phi) is 5.18. The highest BCUT2D eigenvalue weighted by Gasteiger charge is 2.23. The molecule has 1 fully saturated rings. The standard InChI is InChI=1S/C15H22BrFN2O/c1-15(2,20)11-19-7-5-18(6-8-19)10-12-9-13(17)3-4-14(12)16/h3-4,9,20H,5-8,10-11H2,1-2H3. The van der Waals surface area contributed by atoms with Crippen LogP contribution in [0.4, 0.5) is 4.39 Å². The van der Waals surface area contributed by atoms with Crippen molar-refractivity contribution in [2.45, 2.75) is 26.0 Å². The van der Waals surface area contributed by atoms with E-state index in [-0.39, 0.29) is 5.82 Å². The predicted molar refractivity (Wildman–Crippen MR) is 82.1 cm³/mol. The first-order chi connectivity index (χ1) is 9.33. The number of hydrogen-bond donors (Lipinski definition) is 1. The molecule has 3 nitrogen and oxygen atoms in total. The lowest BCUT2D eigenvalue weighted by Gasteiger charge is -2.37. The van der Waals surface area contributed by atoms with Crippen molar-refractivity contribution >= 4 is 15.9 Å². The van der Waals surface area contributed by atoms with E-state index in [1.165, 1.54) is 6.07 Å². The minimum Gasteiger partial charge on any atom is -0.389 e. The third kappa shape index (κ3) is 4.81. The highest BCUT2D eigenvalue weighted by molar-refractivity contribution is 9.10. The van der Waals surface area contributed by atoms with E-state index < -0.39 is 5.60 Å². The van der Waals surface area contributed by atoms with Gasteiger partial charge in [0.15, 0.2) is 0 Å². The molecule has 0 bridgehead atoms. The normalized spacial score (nSPS) is 18.4. The summed E-state index contributed by atoms with van der Waals surface area (Å²) in [7, 11) is 0. The summed E-state index contributed by atoms with van der Waals surface area (Å²) in [5, 5.41) is 9.83. The van der Waals surface area contributed by atoms with Gasteiger partial charge in [-0.1, -0.05) is 15.9 Å². The van der Waals surface area contributed by atoms with Crippen molar-refractivity contribution in [1.82, 2.24) is 9.80 Å². The molecule has 2 rings (SSSR count). The summed E-state index contributed by atoms with van der Waals surface area (Å²) in [4.78, 5) is 4.59. The molecule has 1 heterocycles. The SMILES string of the molecule is CC(C)(O)CN1CCN(Cc2cc(F)ccc2Br)CC1. The zero-order chi connectivity index (χ0) is 14.8. The molecule has 0 unspecified atom stereocenters. The molecule has 0 atom stereocenters. The van der Waals surface area contributed by atoms with Gasteiger partial charge < -0.3 is 5.11 Å². The highest BCUT2D eigenvalue weighted by Crippen LogP contribution is 2.20. The lowest BCUT2D eigenvalue weighted by molar-refractivity contribution is 0.0166. The molecule has 1 aromatic carbocycles. The number of benzene rings is 1. The monoisotopic (exact) mass is 344 g/mol. The van der Waals surface area contributed by atoms with E-state index in [1.807, 2.05) is 13.8 Å². The second-order valence-corrected chi connectivity index (χ2v) is 6.95. The Morgan fingerprint density at radius 3 is 2.40 bits per heavy atom. The Morgan fingerprint density at radius 1 is 1.20 bits per heavy atom. The molecule has 0 aromatic heterocycles. The number of hydrogen-bond acceptors (Lipinski definition) is 3. The maximum absolute atomic E-state index is 13.3. The van der Waals surface area contributed by atoms with Crippen LogP contribution in [0.2, 0.25) is 0 Å². The average molecular weight is 345 g/mol. The van der Waals surface area contributed by atoms with Crippen molar-refractivity contribution in [3.05, 3.63) is 34.1 Å². The van der Waals surface area contributed by atoms with Crippen LogP contribution in [0.1, 0.15) is 19.4 Å². The van der Waals surface area contributed by atoms with E-state index in [4.69, 9.17) is 0 Å². The Hall–Kier alpha value is -0.490. The fourth-order valence-corrected chi connectivity index (χ4v) is 2.93. The largest absolute Gasteiger partial charge is 0.389 e. The quantitative estimate of drug-likeness (QED) is 0.908. The summed E-state index contributed by atoms with van der Waals surface area (Å²) in [6.45, 7) is 8.90. The van der Waals surface area contributed by atoms with Crippen molar-refractivity contribution in [3.63, 3.8) is 0 Å². The van der Waals surface area contributed by atoms with Crippen LogP contribution in [-0.2, 0) is 6.54 Å². The summed E-state index contributed by atoms with van der Waals surface area (Å²) in [5.74, 6) is -0.191. The van der Waals surface area contributed by atoms with Crippen LogP contribution in [0.25, 0.3) is 0 Å². The molecule has 0 saturated carbocycles. The number of halogens is 2. The Morgan fingerprint density at radius 2 is 1.80 bits per heavy atom. The second kappa shape index (κ2) is 6.52. The van der Waals surface area contributed by atoms with Gasteiger partial charge in [0.25, 0.3) is 0 Å². The first-order valence-electron chi connectivity index (χ1n) is 6.94. The fourth-order valence-electron chi connectivity index (χ4n) is 2.56. The summed E-state index contributed by atoms with van der Waals surface area (Å²) >= 11 is 3.47. The molecule has 5 heteroatoms. The first kappa shape index (κ1) is 15.9. The third-order valence-corrected chi connectivity index (χ3v) is 4.25. The number of nitrogens with zero attached hydrogens (tertiary/aromatic N) is 2. The van der Waals surface area contributed by atoms with Gasteiger partial charge in [0.1, 0.15) is 5.82 Å². The Balaban J connectivity index is 1.87. The maximum atomic E-state index is 13.3. The van der Waals surface area contributed by atoms with Crippen LogP contribution in [0.3, 0.4) is 0 Å². The number of piperazine rings is 1. The molecule has 112 valence electrons. The van der Waals surface area contributed by atoms with E-state index in [0.29, 0.717) is 6.54 Å². The van der Waals surface area contributed by atoms with Gasteiger partial charge in [-0.25, -0.2) is 4.39 Å². The number of aliphatic hydroxyl groups is 1. The maximum Gasteiger partial charge on any atom is 0.123 e. The van der Waals surface area contributed by atoms with E-state index >= 15 is 0 Å². The molecule has 1 saturated heterocycles. The van der Waals surface area contributed by atoms with Crippen molar-refractivity contribution in [2.75, 3.05) is 32.7 Å². The van der Waals surface area contributed by atoms with E-state index in [2.05, 4.69) is 25.7 Å². The predicted octanol–water partition coefficient (Wildman–Crippen LogP) is 2.48. The number of rotatable bonds is 4. The summed E-state index contributed by atoms with van der Waals surface area (Å²) in [5.41, 5.74) is 0.342. The van der Waals surface area contributed by atoms with Gasteiger partial charge in [-0.3, -0.25) is 9.80 Å². The van der Waals surface area contributed by atoms with E-state index in [9.17, 15) is 9.50 Å². The van der Waals surface area contributed by atoms with Gasteiger partial charge in [0.2, 0.25) is 0 Å². The fraction of sp³-hybridized carbons (Fsp3) is 0.600. The summed E-state index contributed by atoms with van der Waals surface area (Å²) in [6.07, 6.45) is 0. The van der Waals surface area contributed by atoms with Crippen LogP contribution in [0, 0.1) is 5.82 Å². The van der Waals surface area contributed by atoms with Crippen molar-refractivity contribution < 1.29 is 9.50 Å². The second-order valence-electron chi connectivity index (χ2n) is 6.10. The molecule has 1 N–H and O–H groups in total. The molecule has 1 aliphatic rings. The molecule has 0 radical (unpaired) electrons. The molecule has 20 heavy (non-hydrogen) atoms. The molecule has 0 spiro atoms. The molecular formula is C15H22BrFN2O. The molecular weight excluding hydrogens is 323 g/mol. The van der Waals surface area contributed by atoms with Gasteiger partial charge in [0.05, 0.1) is 5.60 Å². The van der Waals surface area contributed by atoms with Crippen LogP contribution < -0.4 is 0 Å². The average Bonchev–Trinajstić information content (AvgIpc) is 2.34. The molecule has 0 amide bonds. The van der Waals surface area contributed by atoms with Crippen molar-refractivity contribution in [3.8, 4) is 0 Å². The van der Waals surface area contributed by atoms with E-state index in [1.54, 1.807) is 12.1 Å².